The van der Waals surface area contributed by atoms with Crippen LogP contribution in [0.3, 0.4) is 0 Å². The van der Waals surface area contributed by atoms with E-state index in [0.717, 1.165) is 18.4 Å². The van der Waals surface area contributed by atoms with Crippen LogP contribution in [0.25, 0.3) is 0 Å². The maximum atomic E-state index is 12.0. The van der Waals surface area contributed by atoms with Crippen molar-refractivity contribution in [3.05, 3.63) is 23.3 Å². The number of hydrogen-bond donors (Lipinski definition) is 0. The molecule has 2 unspecified atom stereocenters. The van der Waals surface area contributed by atoms with Gasteiger partial charge in [0.25, 0.3) is 0 Å². The molecule has 0 amide bonds. The molecule has 2 atom stereocenters. The fraction of sp³-hybridized carbons (Fsp3) is 0.647. The van der Waals surface area contributed by atoms with Gasteiger partial charge < -0.3 is 9.47 Å². The third-order valence-corrected chi connectivity index (χ3v) is 4.81. The summed E-state index contributed by atoms with van der Waals surface area (Å²) in [5.41, 5.74) is 1.32. The van der Waals surface area contributed by atoms with Crippen molar-refractivity contribution >= 4 is 11.9 Å². The maximum Gasteiger partial charge on any atom is 0.345 e. The first-order valence-electron chi connectivity index (χ1n) is 7.67. The Morgan fingerprint density at radius 1 is 1.24 bits per heavy atom. The molecule has 0 aromatic carbocycles. The smallest absolute Gasteiger partial charge is 0.345 e. The van der Waals surface area contributed by atoms with Crippen LogP contribution in [0, 0.1) is 17.3 Å². The maximum absolute atomic E-state index is 12.0. The van der Waals surface area contributed by atoms with Crippen LogP contribution in [0.2, 0.25) is 0 Å². The fourth-order valence-electron chi connectivity index (χ4n) is 3.35. The molecule has 4 nitrogen and oxygen atoms in total. The Balaban J connectivity index is 2.26. The zero-order chi connectivity index (χ0) is 15.6. The first-order chi connectivity index (χ1) is 9.91. The number of carbonyl (C=O) groups excluding carboxylic acids is 2. The van der Waals surface area contributed by atoms with Crippen molar-refractivity contribution < 1.29 is 19.1 Å². The second kappa shape index (κ2) is 6.04. The lowest BCUT2D eigenvalue weighted by Gasteiger charge is -2.56. The van der Waals surface area contributed by atoms with Crippen molar-refractivity contribution in [1.29, 1.82) is 0 Å². The molecule has 0 saturated heterocycles. The highest BCUT2D eigenvalue weighted by Crippen LogP contribution is 2.59. The molecule has 4 heteroatoms. The molecule has 0 aromatic rings. The van der Waals surface area contributed by atoms with Gasteiger partial charge in [0.1, 0.15) is 5.57 Å². The lowest BCUT2D eigenvalue weighted by Crippen LogP contribution is -2.47. The molecule has 0 radical (unpaired) electrons. The average molecular weight is 292 g/mol. The lowest BCUT2D eigenvalue weighted by molar-refractivity contribution is -0.146. The van der Waals surface area contributed by atoms with E-state index in [-0.39, 0.29) is 24.2 Å². The fourth-order valence-corrected chi connectivity index (χ4v) is 3.35. The van der Waals surface area contributed by atoms with Crippen molar-refractivity contribution in [1.82, 2.24) is 0 Å². The van der Waals surface area contributed by atoms with Crippen molar-refractivity contribution in [2.75, 3.05) is 13.2 Å². The predicted octanol–water partition coefficient (Wildman–Crippen LogP) is 3.03. The summed E-state index contributed by atoms with van der Waals surface area (Å²) in [5.74, 6) is -0.0735. The third-order valence-electron chi connectivity index (χ3n) is 4.81. The van der Waals surface area contributed by atoms with E-state index in [2.05, 4.69) is 19.9 Å². The van der Waals surface area contributed by atoms with Crippen LogP contribution in [0.1, 0.15) is 40.5 Å². The zero-order valence-electron chi connectivity index (χ0n) is 13.3. The number of esters is 2. The highest BCUT2D eigenvalue weighted by molar-refractivity contribution is 6.14. The molecule has 0 aliphatic heterocycles. The summed E-state index contributed by atoms with van der Waals surface area (Å²) in [6, 6.07) is 0. The molecular formula is C17H24O4. The summed E-state index contributed by atoms with van der Waals surface area (Å²) in [4.78, 5) is 24.0. The highest BCUT2D eigenvalue weighted by atomic mass is 16.6. The second-order valence-corrected chi connectivity index (χ2v) is 6.25. The Morgan fingerprint density at radius 2 is 1.81 bits per heavy atom. The number of carbonyl (C=O) groups is 2. The Morgan fingerprint density at radius 3 is 2.24 bits per heavy atom. The van der Waals surface area contributed by atoms with Crippen molar-refractivity contribution in [2.24, 2.45) is 17.3 Å². The molecule has 1 saturated carbocycles. The SMILES string of the molecule is CCOC(=O)C(=CC1=CCC2CC1C2(C)C)C(=O)OCC. The van der Waals surface area contributed by atoms with Gasteiger partial charge in [-0.3, -0.25) is 0 Å². The lowest BCUT2D eigenvalue weighted by atomic mass is 9.49. The van der Waals surface area contributed by atoms with Crippen LogP contribution in [0.4, 0.5) is 0 Å². The van der Waals surface area contributed by atoms with Crippen LogP contribution >= 0.6 is 0 Å². The topological polar surface area (TPSA) is 52.6 Å². The largest absolute Gasteiger partial charge is 0.462 e. The first-order valence-corrected chi connectivity index (χ1v) is 7.67. The molecule has 21 heavy (non-hydrogen) atoms. The van der Waals surface area contributed by atoms with Crippen LogP contribution in [0.5, 0.6) is 0 Å². The first kappa shape index (κ1) is 15.8. The molecule has 0 spiro atoms. The second-order valence-electron chi connectivity index (χ2n) is 6.25. The standard InChI is InChI=1S/C17H24O4/c1-5-20-15(18)13(16(19)21-6-2)9-11-7-8-12-10-14(11)17(12,3)4/h7,9,12,14H,5-6,8,10H2,1-4H3. The minimum atomic E-state index is -0.601. The molecule has 116 valence electrons. The van der Waals surface area contributed by atoms with Gasteiger partial charge in [0, 0.05) is 0 Å². The molecule has 0 heterocycles. The van der Waals surface area contributed by atoms with Crippen molar-refractivity contribution in [3.8, 4) is 0 Å². The van der Waals surface area contributed by atoms with E-state index in [1.165, 1.54) is 0 Å². The van der Waals surface area contributed by atoms with E-state index in [9.17, 15) is 9.59 Å². The van der Waals surface area contributed by atoms with Gasteiger partial charge in [-0.2, -0.15) is 0 Å². The predicted molar refractivity (Wildman–Crippen MR) is 79.4 cm³/mol. The molecule has 3 aliphatic carbocycles. The van der Waals surface area contributed by atoms with E-state index >= 15 is 0 Å². The van der Waals surface area contributed by atoms with E-state index in [0.29, 0.717) is 11.8 Å². The van der Waals surface area contributed by atoms with Crippen molar-refractivity contribution in [3.63, 3.8) is 0 Å². The van der Waals surface area contributed by atoms with Gasteiger partial charge in [-0.1, -0.05) is 19.9 Å². The average Bonchev–Trinajstić information content (AvgIpc) is 2.45. The Bertz CT molecular complexity index is 479. The Labute approximate surface area is 126 Å². The summed E-state index contributed by atoms with van der Waals surface area (Å²) in [6.07, 6.45) is 5.96. The molecule has 1 fully saturated rings. The van der Waals surface area contributed by atoms with Gasteiger partial charge in [-0.25, -0.2) is 9.59 Å². The molecule has 3 rings (SSSR count). The normalized spacial score (nSPS) is 25.2. The minimum Gasteiger partial charge on any atom is -0.462 e. The summed E-state index contributed by atoms with van der Waals surface area (Å²) in [5, 5.41) is 0. The van der Waals surface area contributed by atoms with Gasteiger partial charge in [0.2, 0.25) is 0 Å². The molecule has 0 aromatic heterocycles. The van der Waals surface area contributed by atoms with Crippen LogP contribution in [-0.2, 0) is 19.1 Å². The monoisotopic (exact) mass is 292 g/mol. The molecule has 3 aliphatic rings. The highest BCUT2D eigenvalue weighted by Gasteiger charge is 2.50. The number of ether oxygens (including phenoxy) is 2. The number of rotatable bonds is 5. The quantitative estimate of drug-likeness (QED) is 0.338. The Kier molecular flexibility index (Phi) is 4.55. The van der Waals surface area contributed by atoms with E-state index in [1.807, 2.05) is 0 Å². The molecular weight excluding hydrogens is 268 g/mol. The number of allylic oxidation sites excluding steroid dienone is 3. The number of hydrogen-bond acceptors (Lipinski definition) is 4. The van der Waals surface area contributed by atoms with Gasteiger partial charge in [-0.15, -0.1) is 0 Å². The van der Waals surface area contributed by atoms with E-state index in [4.69, 9.17) is 9.47 Å². The summed E-state index contributed by atoms with van der Waals surface area (Å²) in [6.45, 7) is 8.43. The minimum absolute atomic E-state index is 0.00565. The van der Waals surface area contributed by atoms with Gasteiger partial charge in [-0.05, 0) is 55.6 Å². The number of fused-ring (bicyclic) bond motifs is 1. The molecule has 0 N–H and O–H groups in total. The van der Waals surface area contributed by atoms with Crippen LogP contribution < -0.4 is 0 Å². The van der Waals surface area contributed by atoms with Crippen molar-refractivity contribution in [2.45, 2.75) is 40.5 Å². The summed E-state index contributed by atoms with van der Waals surface area (Å²) >= 11 is 0. The van der Waals surface area contributed by atoms with Crippen LogP contribution in [-0.4, -0.2) is 25.2 Å². The van der Waals surface area contributed by atoms with E-state index < -0.39 is 11.9 Å². The van der Waals surface area contributed by atoms with Gasteiger partial charge >= 0.3 is 11.9 Å². The third kappa shape index (κ3) is 2.89. The summed E-state index contributed by atoms with van der Waals surface area (Å²) in [7, 11) is 0. The van der Waals surface area contributed by atoms with Gasteiger partial charge in [0.05, 0.1) is 13.2 Å². The Hall–Kier alpha value is -1.58. The van der Waals surface area contributed by atoms with E-state index in [1.54, 1.807) is 19.9 Å². The zero-order valence-corrected chi connectivity index (χ0v) is 13.3. The van der Waals surface area contributed by atoms with Gasteiger partial charge in [0.15, 0.2) is 0 Å². The van der Waals surface area contributed by atoms with Crippen LogP contribution in [0.15, 0.2) is 23.3 Å². The summed E-state index contributed by atoms with van der Waals surface area (Å²) < 4.78 is 9.96. The molecule has 2 bridgehead atoms.